The van der Waals surface area contributed by atoms with Gasteiger partial charge in [0, 0.05) is 17.7 Å². The highest BCUT2D eigenvalue weighted by atomic mass is 16.1. The minimum absolute atomic E-state index is 0.178. The molecule has 0 heterocycles. The maximum atomic E-state index is 11.8. The first-order valence-electron chi connectivity index (χ1n) is 5.27. The van der Waals surface area contributed by atoms with E-state index < -0.39 is 0 Å². The van der Waals surface area contributed by atoms with Crippen LogP contribution in [0.5, 0.6) is 0 Å². The molecule has 0 aliphatic heterocycles. The van der Waals surface area contributed by atoms with E-state index in [1.165, 1.54) is 0 Å². The van der Waals surface area contributed by atoms with Crippen LogP contribution in [0.1, 0.15) is 44.0 Å². The molecule has 0 amide bonds. The number of carbonyl (C=O) groups excluding carboxylic acids is 1. The van der Waals surface area contributed by atoms with E-state index in [2.05, 4.69) is 20.8 Å². The lowest BCUT2D eigenvalue weighted by Gasteiger charge is -2.17. The highest BCUT2D eigenvalue weighted by molar-refractivity contribution is 5.96. The van der Waals surface area contributed by atoms with Crippen molar-refractivity contribution in [3.63, 3.8) is 0 Å². The number of hydrogen-bond acceptors (Lipinski definition) is 2. The minimum atomic E-state index is 0.178. The van der Waals surface area contributed by atoms with Gasteiger partial charge in [-0.15, -0.1) is 0 Å². The topological polar surface area (TPSA) is 43.1 Å². The summed E-state index contributed by atoms with van der Waals surface area (Å²) in [6.45, 7) is 6.42. The number of nitrogen functional groups attached to an aromatic ring is 1. The van der Waals surface area contributed by atoms with Gasteiger partial charge in [0.1, 0.15) is 0 Å². The van der Waals surface area contributed by atoms with Gasteiger partial charge in [0.25, 0.3) is 0 Å². The molecule has 1 aromatic rings. The Kier molecular flexibility index (Phi) is 3.51. The maximum Gasteiger partial charge on any atom is 0.162 e. The molecule has 2 N–H and O–H groups in total. The first-order chi connectivity index (χ1) is 6.88. The molecule has 2 nitrogen and oxygen atoms in total. The second-order valence-corrected chi connectivity index (χ2v) is 5.11. The van der Waals surface area contributed by atoms with Crippen molar-refractivity contribution in [2.75, 3.05) is 5.73 Å². The normalized spacial score (nSPS) is 11.4. The lowest BCUT2D eigenvalue weighted by Crippen LogP contribution is -2.09. The smallest absolute Gasteiger partial charge is 0.162 e. The van der Waals surface area contributed by atoms with E-state index in [4.69, 9.17) is 5.73 Å². The Labute approximate surface area is 91.5 Å². The van der Waals surface area contributed by atoms with Crippen molar-refractivity contribution in [3.8, 4) is 0 Å². The van der Waals surface area contributed by atoms with Gasteiger partial charge in [-0.2, -0.15) is 0 Å². The monoisotopic (exact) mass is 205 g/mol. The van der Waals surface area contributed by atoms with Gasteiger partial charge in [0.05, 0.1) is 0 Å². The van der Waals surface area contributed by atoms with Crippen molar-refractivity contribution in [2.45, 2.75) is 33.6 Å². The standard InChI is InChI=1S/C13H19NO/c1-13(2,3)8-7-12(15)10-5-4-6-11(14)9-10/h4-6,9H,7-8,14H2,1-3H3. The van der Waals surface area contributed by atoms with Gasteiger partial charge >= 0.3 is 0 Å². The Hall–Kier alpha value is -1.31. The molecule has 0 radical (unpaired) electrons. The number of ketones is 1. The predicted octanol–water partition coefficient (Wildman–Crippen LogP) is 3.28. The predicted molar refractivity (Wildman–Crippen MR) is 63.9 cm³/mol. The van der Waals surface area contributed by atoms with Crippen molar-refractivity contribution in [1.82, 2.24) is 0 Å². The van der Waals surface area contributed by atoms with E-state index in [1.54, 1.807) is 12.1 Å². The van der Waals surface area contributed by atoms with Crippen LogP contribution in [-0.4, -0.2) is 5.78 Å². The molecule has 0 unspecified atom stereocenters. The molecule has 0 aliphatic carbocycles. The number of carbonyl (C=O) groups is 1. The Morgan fingerprint density at radius 1 is 1.33 bits per heavy atom. The van der Waals surface area contributed by atoms with Crippen molar-refractivity contribution in [2.24, 2.45) is 5.41 Å². The molecule has 0 fully saturated rings. The van der Waals surface area contributed by atoms with Crippen LogP contribution in [-0.2, 0) is 0 Å². The molecule has 0 aliphatic rings. The average molecular weight is 205 g/mol. The van der Waals surface area contributed by atoms with Crippen molar-refractivity contribution in [3.05, 3.63) is 29.8 Å². The van der Waals surface area contributed by atoms with Crippen molar-refractivity contribution >= 4 is 11.5 Å². The zero-order valence-electron chi connectivity index (χ0n) is 9.71. The third kappa shape index (κ3) is 4.15. The minimum Gasteiger partial charge on any atom is -0.399 e. The van der Waals surface area contributed by atoms with Gasteiger partial charge in [0.2, 0.25) is 0 Å². The summed E-state index contributed by atoms with van der Waals surface area (Å²) < 4.78 is 0. The third-order valence-corrected chi connectivity index (χ3v) is 2.31. The van der Waals surface area contributed by atoms with Gasteiger partial charge in [0.15, 0.2) is 5.78 Å². The van der Waals surface area contributed by atoms with Crippen LogP contribution in [0.2, 0.25) is 0 Å². The Morgan fingerprint density at radius 2 is 2.00 bits per heavy atom. The van der Waals surface area contributed by atoms with Crippen LogP contribution < -0.4 is 5.73 Å². The quantitative estimate of drug-likeness (QED) is 0.608. The van der Waals surface area contributed by atoms with Crippen LogP contribution in [0.4, 0.5) is 5.69 Å². The lowest BCUT2D eigenvalue weighted by molar-refractivity contribution is 0.0966. The van der Waals surface area contributed by atoms with E-state index in [9.17, 15) is 4.79 Å². The molecule has 0 saturated heterocycles. The van der Waals surface area contributed by atoms with E-state index in [1.807, 2.05) is 12.1 Å². The summed E-state index contributed by atoms with van der Waals surface area (Å²) in [5.41, 5.74) is 7.20. The van der Waals surface area contributed by atoms with Crippen molar-refractivity contribution in [1.29, 1.82) is 0 Å². The second kappa shape index (κ2) is 4.47. The molecule has 82 valence electrons. The Bertz CT molecular complexity index is 350. The fourth-order valence-corrected chi connectivity index (χ4v) is 1.34. The molecule has 2 heteroatoms. The summed E-state index contributed by atoms with van der Waals surface area (Å²) >= 11 is 0. The number of benzene rings is 1. The molecule has 15 heavy (non-hydrogen) atoms. The highest BCUT2D eigenvalue weighted by Crippen LogP contribution is 2.22. The fourth-order valence-electron chi connectivity index (χ4n) is 1.34. The van der Waals surface area contributed by atoms with Crippen LogP contribution in [0.15, 0.2) is 24.3 Å². The van der Waals surface area contributed by atoms with Crippen LogP contribution in [0.3, 0.4) is 0 Å². The van der Waals surface area contributed by atoms with Gasteiger partial charge in [-0.05, 0) is 24.0 Å². The molecular weight excluding hydrogens is 186 g/mol. The summed E-state index contributed by atoms with van der Waals surface area (Å²) in [5, 5.41) is 0. The molecule has 0 saturated carbocycles. The summed E-state index contributed by atoms with van der Waals surface area (Å²) in [6, 6.07) is 7.17. The molecule has 0 bridgehead atoms. The van der Waals surface area contributed by atoms with E-state index >= 15 is 0 Å². The highest BCUT2D eigenvalue weighted by Gasteiger charge is 2.13. The van der Waals surface area contributed by atoms with E-state index in [0.29, 0.717) is 12.1 Å². The number of rotatable bonds is 3. The van der Waals surface area contributed by atoms with Crippen molar-refractivity contribution < 1.29 is 4.79 Å². The van der Waals surface area contributed by atoms with Crippen LogP contribution in [0.25, 0.3) is 0 Å². The van der Waals surface area contributed by atoms with Crippen LogP contribution in [0, 0.1) is 5.41 Å². The van der Waals surface area contributed by atoms with Gasteiger partial charge < -0.3 is 5.73 Å². The number of nitrogens with two attached hydrogens (primary N) is 1. The first kappa shape index (κ1) is 11.8. The Balaban J connectivity index is 2.62. The third-order valence-electron chi connectivity index (χ3n) is 2.31. The molecule has 0 spiro atoms. The van der Waals surface area contributed by atoms with E-state index in [0.717, 1.165) is 12.0 Å². The molecule has 1 rings (SSSR count). The number of hydrogen-bond donors (Lipinski definition) is 1. The van der Waals surface area contributed by atoms with Gasteiger partial charge in [-0.3, -0.25) is 4.79 Å². The summed E-state index contributed by atoms with van der Waals surface area (Å²) in [6.07, 6.45) is 1.49. The van der Waals surface area contributed by atoms with Gasteiger partial charge in [-0.25, -0.2) is 0 Å². The molecular formula is C13H19NO. The molecule has 0 aromatic heterocycles. The first-order valence-corrected chi connectivity index (χ1v) is 5.27. The zero-order chi connectivity index (χ0) is 11.5. The lowest BCUT2D eigenvalue weighted by atomic mass is 9.88. The SMILES string of the molecule is CC(C)(C)CCC(=O)c1cccc(N)c1. The zero-order valence-corrected chi connectivity index (χ0v) is 9.71. The Morgan fingerprint density at radius 3 is 2.53 bits per heavy atom. The van der Waals surface area contributed by atoms with Crippen LogP contribution >= 0.6 is 0 Å². The summed E-state index contributed by atoms with van der Waals surface area (Å²) in [7, 11) is 0. The fraction of sp³-hybridized carbons (Fsp3) is 0.462. The largest absolute Gasteiger partial charge is 0.399 e. The molecule has 1 aromatic carbocycles. The number of anilines is 1. The summed E-state index contributed by atoms with van der Waals surface area (Å²) in [4.78, 5) is 11.8. The average Bonchev–Trinajstić information content (AvgIpc) is 2.13. The molecule has 0 atom stereocenters. The summed E-state index contributed by atoms with van der Waals surface area (Å²) in [5.74, 6) is 0.178. The maximum absolute atomic E-state index is 11.8. The second-order valence-electron chi connectivity index (χ2n) is 5.11. The van der Waals surface area contributed by atoms with Gasteiger partial charge in [-0.1, -0.05) is 32.9 Å². The number of Topliss-reactive ketones (excluding diaryl/α,β-unsaturated/α-hetero) is 1. The van der Waals surface area contributed by atoms with E-state index in [-0.39, 0.29) is 11.2 Å².